The van der Waals surface area contributed by atoms with Crippen molar-refractivity contribution in [2.75, 3.05) is 7.05 Å². The third kappa shape index (κ3) is 3.58. The molecule has 16 heavy (non-hydrogen) atoms. The summed E-state index contributed by atoms with van der Waals surface area (Å²) in [5.41, 5.74) is 4.35. The van der Waals surface area contributed by atoms with E-state index in [4.69, 9.17) is 0 Å². The second-order valence-electron chi connectivity index (χ2n) is 3.75. The van der Waals surface area contributed by atoms with Crippen LogP contribution in [0.25, 0.3) is 0 Å². The van der Waals surface area contributed by atoms with Crippen molar-refractivity contribution < 1.29 is 0 Å². The summed E-state index contributed by atoms with van der Waals surface area (Å²) in [6, 6.07) is 0. The molecule has 1 aliphatic rings. The molecule has 1 unspecified atom stereocenters. The molecule has 1 atom stereocenters. The van der Waals surface area contributed by atoms with Gasteiger partial charge in [0.15, 0.2) is 0 Å². The summed E-state index contributed by atoms with van der Waals surface area (Å²) in [6.07, 6.45) is 10.4. The van der Waals surface area contributed by atoms with E-state index in [2.05, 4.69) is 37.7 Å². The van der Waals surface area contributed by atoms with Crippen molar-refractivity contribution in [2.45, 2.75) is 19.8 Å². The highest BCUT2D eigenvalue weighted by Gasteiger charge is 2.14. The first-order valence-corrected chi connectivity index (χ1v) is 6.31. The Morgan fingerprint density at radius 2 is 2.38 bits per heavy atom. The minimum absolute atomic E-state index is 0.662. The molecule has 2 nitrogen and oxygen atoms in total. The van der Waals surface area contributed by atoms with Crippen LogP contribution in [0, 0.1) is 5.92 Å². The van der Waals surface area contributed by atoms with Crippen LogP contribution in [0.3, 0.4) is 0 Å². The Bertz CT molecular complexity index is 318. The lowest BCUT2D eigenvalue weighted by Gasteiger charge is -2.22. The number of nitrogens with one attached hydrogen (secondary N) is 1. The maximum atomic E-state index is 3.89. The van der Waals surface area contributed by atoms with E-state index in [1.165, 1.54) is 16.9 Å². The Labute approximate surface area is 103 Å². The van der Waals surface area contributed by atoms with Gasteiger partial charge in [0, 0.05) is 18.2 Å². The van der Waals surface area contributed by atoms with Crippen LogP contribution in [0.5, 0.6) is 0 Å². The average molecular weight is 236 g/mol. The van der Waals surface area contributed by atoms with Crippen molar-refractivity contribution in [3.8, 4) is 0 Å². The van der Waals surface area contributed by atoms with Crippen LogP contribution in [0.2, 0.25) is 0 Å². The van der Waals surface area contributed by atoms with Gasteiger partial charge in [-0.05, 0) is 36.3 Å². The van der Waals surface area contributed by atoms with E-state index in [-0.39, 0.29) is 0 Å². The van der Waals surface area contributed by atoms with E-state index in [1.54, 1.807) is 18.1 Å². The van der Waals surface area contributed by atoms with Crippen LogP contribution < -0.4 is 5.43 Å². The van der Waals surface area contributed by atoms with Crippen molar-refractivity contribution >= 4 is 11.9 Å². The topological polar surface area (TPSA) is 15.3 Å². The maximum absolute atomic E-state index is 3.89. The number of hydrazine groups is 1. The second-order valence-corrected chi connectivity index (χ2v) is 4.92. The van der Waals surface area contributed by atoms with Gasteiger partial charge in [-0.15, -0.1) is 0 Å². The van der Waals surface area contributed by atoms with Gasteiger partial charge in [0.2, 0.25) is 0 Å². The van der Waals surface area contributed by atoms with Crippen LogP contribution in [-0.2, 0) is 0 Å². The van der Waals surface area contributed by atoms with Gasteiger partial charge in [-0.1, -0.05) is 38.3 Å². The van der Waals surface area contributed by atoms with Crippen molar-refractivity contribution in [3.63, 3.8) is 0 Å². The van der Waals surface area contributed by atoms with E-state index in [0.29, 0.717) is 5.92 Å². The summed E-state index contributed by atoms with van der Waals surface area (Å²) in [7, 11) is 1.97. The summed E-state index contributed by atoms with van der Waals surface area (Å²) < 4.78 is 1.93. The summed E-state index contributed by atoms with van der Waals surface area (Å²) in [6.45, 7) is 9.75. The predicted octanol–water partition coefficient (Wildman–Crippen LogP) is 3.64. The van der Waals surface area contributed by atoms with Crippen molar-refractivity contribution in [2.24, 2.45) is 5.92 Å². The molecule has 3 heteroatoms. The summed E-state index contributed by atoms with van der Waals surface area (Å²) in [4.78, 5) is 1.26. The SMILES string of the molecule is C=CNN(C)SC1=C(C=C)CC(CC)C=C1. The molecule has 1 aliphatic carbocycles. The number of hydrogen-bond donors (Lipinski definition) is 1. The minimum Gasteiger partial charge on any atom is -0.317 e. The van der Waals surface area contributed by atoms with E-state index in [1.807, 2.05) is 17.5 Å². The van der Waals surface area contributed by atoms with E-state index in [9.17, 15) is 0 Å². The molecular weight excluding hydrogens is 216 g/mol. The summed E-state index contributed by atoms with van der Waals surface area (Å²) >= 11 is 1.66. The smallest absolute Gasteiger partial charge is 0.0275 e. The molecule has 0 saturated carbocycles. The first kappa shape index (κ1) is 13.1. The lowest BCUT2D eigenvalue weighted by atomic mass is 9.92. The molecule has 0 heterocycles. The zero-order chi connectivity index (χ0) is 12.0. The molecule has 0 fully saturated rings. The maximum Gasteiger partial charge on any atom is 0.0275 e. The monoisotopic (exact) mass is 236 g/mol. The molecule has 0 aromatic heterocycles. The number of nitrogens with zero attached hydrogens (tertiary/aromatic N) is 1. The highest BCUT2D eigenvalue weighted by molar-refractivity contribution is 8.01. The van der Waals surface area contributed by atoms with E-state index < -0.39 is 0 Å². The van der Waals surface area contributed by atoms with Gasteiger partial charge < -0.3 is 5.43 Å². The second kappa shape index (κ2) is 6.61. The Morgan fingerprint density at radius 3 is 2.94 bits per heavy atom. The van der Waals surface area contributed by atoms with E-state index in [0.717, 1.165) is 6.42 Å². The molecule has 0 aliphatic heterocycles. The lowest BCUT2D eigenvalue weighted by molar-refractivity contribution is 0.494. The fourth-order valence-corrected chi connectivity index (χ4v) is 2.48. The van der Waals surface area contributed by atoms with Crippen molar-refractivity contribution in [1.29, 1.82) is 0 Å². The lowest BCUT2D eigenvalue weighted by Crippen LogP contribution is -2.22. The Hall–Kier alpha value is -0.930. The number of rotatable bonds is 6. The van der Waals surface area contributed by atoms with Crippen LogP contribution in [-0.4, -0.2) is 11.5 Å². The Morgan fingerprint density at radius 1 is 1.62 bits per heavy atom. The molecule has 0 bridgehead atoms. The van der Waals surface area contributed by atoms with Gasteiger partial charge in [0.1, 0.15) is 0 Å². The molecule has 0 amide bonds. The Kier molecular flexibility index (Phi) is 5.43. The quantitative estimate of drug-likeness (QED) is 0.560. The van der Waals surface area contributed by atoms with Gasteiger partial charge in [0.25, 0.3) is 0 Å². The molecular formula is C13H20N2S. The highest BCUT2D eigenvalue weighted by Crippen LogP contribution is 2.33. The summed E-state index contributed by atoms with van der Waals surface area (Å²) in [5, 5.41) is 0. The third-order valence-corrected chi connectivity index (χ3v) is 3.57. The van der Waals surface area contributed by atoms with Gasteiger partial charge in [-0.2, -0.15) is 4.41 Å². The summed E-state index contributed by atoms with van der Waals surface area (Å²) in [5.74, 6) is 0.662. The molecule has 0 radical (unpaired) electrons. The fourth-order valence-electron chi connectivity index (χ4n) is 1.64. The van der Waals surface area contributed by atoms with Gasteiger partial charge in [-0.3, -0.25) is 0 Å². The van der Waals surface area contributed by atoms with E-state index >= 15 is 0 Å². The Balaban J connectivity index is 2.70. The molecule has 88 valence electrons. The third-order valence-electron chi connectivity index (χ3n) is 2.60. The molecule has 0 spiro atoms. The zero-order valence-electron chi connectivity index (χ0n) is 10.1. The standard InChI is InChI=1S/C13H20N2S/c1-5-11-8-9-13(12(6-2)10-11)16-15(4)14-7-3/h6-9,11,14H,2-3,5,10H2,1,4H3. The molecule has 0 aromatic carbocycles. The first-order valence-electron chi connectivity index (χ1n) is 5.53. The van der Waals surface area contributed by atoms with Crippen LogP contribution in [0.4, 0.5) is 0 Å². The zero-order valence-corrected chi connectivity index (χ0v) is 10.9. The van der Waals surface area contributed by atoms with Gasteiger partial charge >= 0.3 is 0 Å². The first-order chi connectivity index (χ1) is 7.71. The van der Waals surface area contributed by atoms with Gasteiger partial charge in [0.05, 0.1) is 0 Å². The van der Waals surface area contributed by atoms with Crippen molar-refractivity contribution in [1.82, 2.24) is 9.84 Å². The van der Waals surface area contributed by atoms with Gasteiger partial charge in [-0.25, -0.2) is 0 Å². The molecule has 0 saturated heterocycles. The number of hydrogen-bond acceptors (Lipinski definition) is 3. The minimum atomic E-state index is 0.662. The molecule has 1 rings (SSSR count). The molecule has 1 N–H and O–H groups in total. The average Bonchev–Trinajstić information content (AvgIpc) is 2.30. The van der Waals surface area contributed by atoms with Crippen LogP contribution >= 0.6 is 11.9 Å². The normalized spacial score (nSPS) is 20.1. The molecule has 0 aromatic rings. The predicted molar refractivity (Wildman–Crippen MR) is 73.4 cm³/mol. The number of allylic oxidation sites excluding steroid dienone is 4. The van der Waals surface area contributed by atoms with Crippen molar-refractivity contribution in [3.05, 3.63) is 48.1 Å². The fraction of sp³-hybridized carbons (Fsp3) is 0.385. The van der Waals surface area contributed by atoms with Crippen LogP contribution in [0.15, 0.2) is 48.1 Å². The highest BCUT2D eigenvalue weighted by atomic mass is 32.2. The van der Waals surface area contributed by atoms with Crippen LogP contribution in [0.1, 0.15) is 19.8 Å². The largest absolute Gasteiger partial charge is 0.317 e.